The highest BCUT2D eigenvalue weighted by Gasteiger charge is 2.26. The molecule has 1 N–H and O–H groups in total. The zero-order valence-electron chi connectivity index (χ0n) is 11.0. The quantitative estimate of drug-likeness (QED) is 0.809. The number of hydrogen-bond acceptors (Lipinski definition) is 2. The van der Waals surface area contributed by atoms with E-state index in [1.54, 1.807) is 0 Å². The zero-order chi connectivity index (χ0) is 13.1. The third-order valence-electron chi connectivity index (χ3n) is 3.60. The Kier molecular flexibility index (Phi) is 5.10. The van der Waals surface area contributed by atoms with E-state index < -0.39 is 0 Å². The molecule has 0 saturated heterocycles. The Balaban J connectivity index is 1.89. The molecule has 18 heavy (non-hydrogen) atoms. The van der Waals surface area contributed by atoms with Crippen molar-refractivity contribution in [2.24, 2.45) is 5.92 Å². The van der Waals surface area contributed by atoms with Crippen molar-refractivity contribution in [1.82, 2.24) is 15.1 Å². The molecule has 0 amide bonds. The van der Waals surface area contributed by atoms with Gasteiger partial charge >= 0.3 is 0 Å². The average Bonchev–Trinajstić information content (AvgIpc) is 2.63. The molecule has 2 rings (SSSR count). The summed E-state index contributed by atoms with van der Waals surface area (Å²) < 4.78 is 3.25. The van der Waals surface area contributed by atoms with E-state index in [-0.39, 0.29) is 0 Å². The molecule has 0 aromatic carbocycles. The van der Waals surface area contributed by atoms with E-state index in [9.17, 15) is 0 Å². The van der Waals surface area contributed by atoms with E-state index in [1.165, 1.54) is 10.2 Å². The largest absolute Gasteiger partial charge is 0.311 e. The van der Waals surface area contributed by atoms with Gasteiger partial charge in [0.1, 0.15) is 0 Å². The Hall–Kier alpha value is -0.0600. The molecular weight excluding hydrogens is 314 g/mol. The van der Waals surface area contributed by atoms with E-state index in [1.807, 2.05) is 0 Å². The smallest absolute Gasteiger partial charge is 0.0767 e. The molecular formula is C13H21BrClN3. The molecule has 0 unspecified atom stereocenters. The van der Waals surface area contributed by atoms with Gasteiger partial charge in [0.2, 0.25) is 0 Å². The first-order valence-electron chi connectivity index (χ1n) is 6.74. The van der Waals surface area contributed by atoms with E-state index in [0.29, 0.717) is 5.38 Å². The van der Waals surface area contributed by atoms with Crippen LogP contribution in [-0.4, -0.2) is 21.7 Å². The number of nitrogens with one attached hydrogen (secondary N) is 1. The van der Waals surface area contributed by atoms with Crippen molar-refractivity contribution in [1.29, 1.82) is 0 Å². The van der Waals surface area contributed by atoms with Crippen LogP contribution < -0.4 is 5.32 Å². The molecule has 5 heteroatoms. The van der Waals surface area contributed by atoms with Gasteiger partial charge in [0, 0.05) is 18.5 Å². The van der Waals surface area contributed by atoms with Crippen LogP contribution in [0.25, 0.3) is 0 Å². The molecule has 1 saturated carbocycles. The van der Waals surface area contributed by atoms with Crippen molar-refractivity contribution in [2.45, 2.75) is 51.6 Å². The number of rotatable bonds is 6. The summed E-state index contributed by atoms with van der Waals surface area (Å²) in [7, 11) is 0. The molecule has 0 radical (unpaired) electrons. The second-order valence-electron chi connectivity index (χ2n) is 4.94. The number of halogens is 2. The van der Waals surface area contributed by atoms with Crippen LogP contribution in [0.3, 0.4) is 0 Å². The summed E-state index contributed by atoms with van der Waals surface area (Å²) >= 11 is 9.65. The first-order valence-corrected chi connectivity index (χ1v) is 7.97. The highest BCUT2D eigenvalue weighted by Crippen LogP contribution is 2.31. The van der Waals surface area contributed by atoms with Crippen LogP contribution >= 0.6 is 27.5 Å². The number of alkyl halides is 1. The summed E-state index contributed by atoms with van der Waals surface area (Å²) in [5.41, 5.74) is 2.41. The SMILES string of the molecule is CCc1nn(CC)c(CNCC2CC(Cl)C2)c1Br. The Morgan fingerprint density at radius 3 is 2.72 bits per heavy atom. The van der Waals surface area contributed by atoms with Gasteiger partial charge < -0.3 is 5.32 Å². The van der Waals surface area contributed by atoms with Crippen molar-refractivity contribution in [3.8, 4) is 0 Å². The van der Waals surface area contributed by atoms with Gasteiger partial charge in [-0.05, 0) is 54.6 Å². The molecule has 1 aromatic rings. The second-order valence-corrected chi connectivity index (χ2v) is 6.35. The number of aromatic nitrogens is 2. The lowest BCUT2D eigenvalue weighted by molar-refractivity contribution is 0.307. The Bertz CT molecular complexity index is 399. The summed E-state index contributed by atoms with van der Waals surface area (Å²) in [5.74, 6) is 0.759. The Morgan fingerprint density at radius 2 is 2.17 bits per heavy atom. The maximum absolute atomic E-state index is 5.99. The molecule has 1 heterocycles. The molecule has 0 spiro atoms. The summed E-state index contributed by atoms with van der Waals surface area (Å²) in [6, 6.07) is 0. The first kappa shape index (κ1) is 14.4. The van der Waals surface area contributed by atoms with Crippen LogP contribution in [0.15, 0.2) is 4.47 Å². The van der Waals surface area contributed by atoms with Crippen molar-refractivity contribution in [2.75, 3.05) is 6.54 Å². The van der Waals surface area contributed by atoms with Gasteiger partial charge in [0.15, 0.2) is 0 Å². The van der Waals surface area contributed by atoms with E-state index in [4.69, 9.17) is 11.6 Å². The van der Waals surface area contributed by atoms with Crippen molar-refractivity contribution < 1.29 is 0 Å². The molecule has 0 atom stereocenters. The van der Waals surface area contributed by atoms with E-state index in [0.717, 1.165) is 50.5 Å². The monoisotopic (exact) mass is 333 g/mol. The molecule has 0 bridgehead atoms. The third-order valence-corrected chi connectivity index (χ3v) is 4.87. The highest BCUT2D eigenvalue weighted by atomic mass is 79.9. The summed E-state index contributed by atoms with van der Waals surface area (Å²) in [6.45, 7) is 7.13. The van der Waals surface area contributed by atoms with Gasteiger partial charge in [0.25, 0.3) is 0 Å². The van der Waals surface area contributed by atoms with Crippen LogP contribution in [0, 0.1) is 5.92 Å². The van der Waals surface area contributed by atoms with Crippen LogP contribution in [0.4, 0.5) is 0 Å². The van der Waals surface area contributed by atoms with Gasteiger partial charge in [-0.3, -0.25) is 4.68 Å². The lowest BCUT2D eigenvalue weighted by Gasteiger charge is -2.31. The standard InChI is InChI=1S/C13H21BrClN3/c1-3-11-13(14)12(18(4-2)17-11)8-16-7-9-5-10(15)6-9/h9-10,16H,3-8H2,1-2H3. The fourth-order valence-corrected chi connectivity index (χ4v) is 3.61. The zero-order valence-corrected chi connectivity index (χ0v) is 13.4. The maximum Gasteiger partial charge on any atom is 0.0767 e. The lowest BCUT2D eigenvalue weighted by Crippen LogP contribution is -2.33. The van der Waals surface area contributed by atoms with E-state index >= 15 is 0 Å². The molecule has 0 aliphatic heterocycles. The summed E-state index contributed by atoms with van der Waals surface area (Å²) in [4.78, 5) is 0. The maximum atomic E-state index is 5.99. The molecule has 1 aliphatic carbocycles. The highest BCUT2D eigenvalue weighted by molar-refractivity contribution is 9.10. The minimum atomic E-state index is 0.413. The summed E-state index contributed by atoms with van der Waals surface area (Å²) in [5, 5.41) is 8.54. The van der Waals surface area contributed by atoms with Crippen LogP contribution in [0.5, 0.6) is 0 Å². The minimum Gasteiger partial charge on any atom is -0.311 e. The van der Waals surface area contributed by atoms with Gasteiger partial charge in [-0.1, -0.05) is 6.92 Å². The summed E-state index contributed by atoms with van der Waals surface area (Å²) in [6.07, 6.45) is 3.28. The Morgan fingerprint density at radius 1 is 1.44 bits per heavy atom. The third kappa shape index (κ3) is 3.09. The van der Waals surface area contributed by atoms with Crippen LogP contribution in [-0.2, 0) is 19.5 Å². The van der Waals surface area contributed by atoms with E-state index in [2.05, 4.69) is 44.9 Å². The fraction of sp³-hybridized carbons (Fsp3) is 0.769. The van der Waals surface area contributed by atoms with Crippen LogP contribution in [0.2, 0.25) is 0 Å². The molecule has 1 aromatic heterocycles. The second kappa shape index (κ2) is 6.40. The van der Waals surface area contributed by atoms with Crippen LogP contribution in [0.1, 0.15) is 38.1 Å². The van der Waals surface area contributed by atoms with Crippen molar-refractivity contribution in [3.63, 3.8) is 0 Å². The predicted octanol–water partition coefficient (Wildman–Crippen LogP) is 3.33. The molecule has 102 valence electrons. The van der Waals surface area contributed by atoms with Gasteiger partial charge in [-0.15, -0.1) is 11.6 Å². The van der Waals surface area contributed by atoms with Gasteiger partial charge in [0.05, 0.1) is 15.9 Å². The minimum absolute atomic E-state index is 0.413. The number of aryl methyl sites for hydroxylation is 2. The van der Waals surface area contributed by atoms with Crippen molar-refractivity contribution in [3.05, 3.63) is 15.9 Å². The fourth-order valence-electron chi connectivity index (χ4n) is 2.40. The van der Waals surface area contributed by atoms with Crippen molar-refractivity contribution >= 4 is 27.5 Å². The average molecular weight is 335 g/mol. The normalized spacial score (nSPS) is 23.1. The predicted molar refractivity (Wildman–Crippen MR) is 79.1 cm³/mol. The molecule has 1 fully saturated rings. The topological polar surface area (TPSA) is 29.9 Å². The lowest BCUT2D eigenvalue weighted by atomic mass is 9.85. The number of nitrogens with zero attached hydrogens (tertiary/aromatic N) is 2. The van der Waals surface area contributed by atoms with Gasteiger partial charge in [-0.25, -0.2) is 0 Å². The molecule has 3 nitrogen and oxygen atoms in total. The first-order chi connectivity index (χ1) is 8.65. The number of hydrogen-bond donors (Lipinski definition) is 1. The van der Waals surface area contributed by atoms with Gasteiger partial charge in [-0.2, -0.15) is 5.10 Å². The Labute approximate surface area is 122 Å². The molecule has 1 aliphatic rings.